The van der Waals surface area contributed by atoms with Crippen LogP contribution in [0, 0.1) is 0 Å². The number of thiazole rings is 1. The van der Waals surface area contributed by atoms with E-state index in [4.69, 9.17) is 5.11 Å². The van der Waals surface area contributed by atoms with Gasteiger partial charge in [-0.25, -0.2) is 9.78 Å². The van der Waals surface area contributed by atoms with Gasteiger partial charge in [0.15, 0.2) is 5.13 Å². The van der Waals surface area contributed by atoms with E-state index in [2.05, 4.69) is 30.7 Å². The van der Waals surface area contributed by atoms with E-state index in [1.165, 1.54) is 21.1 Å². The van der Waals surface area contributed by atoms with E-state index >= 15 is 0 Å². The van der Waals surface area contributed by atoms with Crippen LogP contribution in [0.3, 0.4) is 0 Å². The number of aromatic nitrogens is 1. The number of anilines is 1. The maximum Gasteiger partial charge on any atom is 0.324 e. The first-order valence-corrected chi connectivity index (χ1v) is 7.74. The summed E-state index contributed by atoms with van der Waals surface area (Å²) < 4.78 is 0. The molecule has 0 atom stereocenters. The number of amides is 2. The molecule has 20 heavy (non-hydrogen) atoms. The molecule has 0 radical (unpaired) electrons. The monoisotopic (exact) mass is 297 g/mol. The van der Waals surface area contributed by atoms with Gasteiger partial charge in [-0.1, -0.05) is 26.3 Å². The fraction of sp³-hybridized carbons (Fsp3) is 0.571. The Balaban J connectivity index is 2.75. The number of aliphatic hydroxyl groups excluding tert-OH is 1. The third-order valence-corrected chi connectivity index (χ3v) is 3.96. The molecule has 0 aliphatic rings. The lowest BCUT2D eigenvalue weighted by molar-refractivity contribution is 0.195. The Morgan fingerprint density at radius 3 is 2.85 bits per heavy atom. The van der Waals surface area contributed by atoms with Gasteiger partial charge in [0.25, 0.3) is 0 Å². The average Bonchev–Trinajstić information content (AvgIpc) is 2.81. The number of urea groups is 1. The number of nitrogens with zero attached hydrogens (tertiary/aromatic N) is 2. The lowest BCUT2D eigenvalue weighted by Gasteiger charge is -2.19. The van der Waals surface area contributed by atoms with E-state index < -0.39 is 0 Å². The van der Waals surface area contributed by atoms with E-state index in [1.807, 2.05) is 0 Å². The fourth-order valence-electron chi connectivity index (χ4n) is 1.87. The normalized spacial score (nSPS) is 10.3. The number of carbonyl (C=O) groups excluding carboxylic acids is 1. The van der Waals surface area contributed by atoms with Crippen LogP contribution in [0.5, 0.6) is 0 Å². The van der Waals surface area contributed by atoms with E-state index in [0.29, 0.717) is 11.7 Å². The Morgan fingerprint density at radius 2 is 2.30 bits per heavy atom. The molecule has 112 valence electrons. The molecule has 0 fully saturated rings. The molecule has 0 bridgehead atoms. The van der Waals surface area contributed by atoms with Crippen LogP contribution >= 0.6 is 11.3 Å². The first kappa shape index (κ1) is 16.7. The number of aliphatic hydroxyl groups is 1. The highest BCUT2D eigenvalue weighted by molar-refractivity contribution is 7.15. The Hall–Kier alpha value is -1.40. The van der Waals surface area contributed by atoms with Crippen LogP contribution in [0.1, 0.15) is 30.8 Å². The molecule has 1 heterocycles. The van der Waals surface area contributed by atoms with Crippen molar-refractivity contribution in [2.24, 2.45) is 0 Å². The minimum Gasteiger partial charge on any atom is -0.395 e. The summed E-state index contributed by atoms with van der Waals surface area (Å²) >= 11 is 1.52. The van der Waals surface area contributed by atoms with Gasteiger partial charge in [-0.2, -0.15) is 0 Å². The first-order chi connectivity index (χ1) is 9.65. The van der Waals surface area contributed by atoms with Crippen molar-refractivity contribution in [3.8, 4) is 0 Å². The van der Waals surface area contributed by atoms with Gasteiger partial charge in [-0.3, -0.25) is 5.32 Å². The Morgan fingerprint density at radius 1 is 1.55 bits per heavy atom. The molecule has 1 rings (SSSR count). The van der Waals surface area contributed by atoms with Crippen LogP contribution in [0.2, 0.25) is 0 Å². The van der Waals surface area contributed by atoms with Gasteiger partial charge >= 0.3 is 6.03 Å². The number of hydrogen-bond donors (Lipinski definition) is 2. The summed E-state index contributed by atoms with van der Waals surface area (Å²) in [5.74, 6) is 0. The highest BCUT2D eigenvalue weighted by atomic mass is 32.1. The molecule has 0 aliphatic carbocycles. The van der Waals surface area contributed by atoms with Crippen LogP contribution in [0.25, 0.3) is 0 Å². The third-order valence-electron chi connectivity index (χ3n) is 2.81. The van der Waals surface area contributed by atoms with Gasteiger partial charge in [0, 0.05) is 18.0 Å². The molecule has 0 saturated heterocycles. The number of hydrogen-bond acceptors (Lipinski definition) is 4. The highest BCUT2D eigenvalue weighted by Gasteiger charge is 2.15. The summed E-state index contributed by atoms with van der Waals surface area (Å²) in [7, 11) is 0. The summed E-state index contributed by atoms with van der Waals surface area (Å²) in [4.78, 5) is 19.3. The molecule has 1 aromatic heterocycles. The SMILES string of the molecule is C=CCN(CCO)C(=O)Nc1nc(CCC)c(CC)s1. The maximum absolute atomic E-state index is 12.1. The molecule has 0 spiro atoms. The Labute approximate surface area is 124 Å². The van der Waals surface area contributed by atoms with Crippen molar-refractivity contribution >= 4 is 22.5 Å². The van der Waals surface area contributed by atoms with Crippen LogP contribution in [-0.4, -0.2) is 40.7 Å². The topological polar surface area (TPSA) is 65.5 Å². The Kier molecular flexibility index (Phi) is 7.25. The van der Waals surface area contributed by atoms with Crippen molar-refractivity contribution in [1.82, 2.24) is 9.88 Å². The third kappa shape index (κ3) is 4.61. The first-order valence-electron chi connectivity index (χ1n) is 6.92. The van der Waals surface area contributed by atoms with Crippen LogP contribution in [0.15, 0.2) is 12.7 Å². The second-order valence-corrected chi connectivity index (χ2v) is 5.46. The summed E-state index contributed by atoms with van der Waals surface area (Å²) in [6.07, 6.45) is 4.53. The minimum atomic E-state index is -0.251. The molecule has 0 unspecified atom stereocenters. The maximum atomic E-state index is 12.1. The quantitative estimate of drug-likeness (QED) is 0.725. The summed E-state index contributed by atoms with van der Waals surface area (Å²) in [6, 6.07) is -0.251. The molecule has 2 amide bonds. The number of carbonyl (C=O) groups is 1. The van der Waals surface area contributed by atoms with Crippen molar-refractivity contribution in [1.29, 1.82) is 0 Å². The highest BCUT2D eigenvalue weighted by Crippen LogP contribution is 2.24. The van der Waals surface area contributed by atoms with Crippen molar-refractivity contribution in [3.05, 3.63) is 23.2 Å². The van der Waals surface area contributed by atoms with Crippen molar-refractivity contribution in [2.75, 3.05) is 25.0 Å². The van der Waals surface area contributed by atoms with E-state index in [1.54, 1.807) is 6.08 Å². The molecule has 1 aromatic rings. The zero-order valence-electron chi connectivity index (χ0n) is 12.2. The van der Waals surface area contributed by atoms with E-state index in [0.717, 1.165) is 25.0 Å². The van der Waals surface area contributed by atoms with E-state index in [-0.39, 0.29) is 19.2 Å². The van der Waals surface area contributed by atoms with E-state index in [9.17, 15) is 4.79 Å². The van der Waals surface area contributed by atoms with Crippen molar-refractivity contribution < 1.29 is 9.90 Å². The lowest BCUT2D eigenvalue weighted by atomic mass is 10.2. The molecular formula is C14H23N3O2S. The van der Waals surface area contributed by atoms with Gasteiger partial charge in [-0.15, -0.1) is 17.9 Å². The smallest absolute Gasteiger partial charge is 0.324 e. The predicted molar refractivity (Wildman–Crippen MR) is 83.4 cm³/mol. The van der Waals surface area contributed by atoms with Gasteiger partial charge < -0.3 is 10.0 Å². The van der Waals surface area contributed by atoms with Crippen LogP contribution in [0.4, 0.5) is 9.93 Å². The van der Waals surface area contributed by atoms with Crippen LogP contribution in [-0.2, 0) is 12.8 Å². The predicted octanol–water partition coefficient (Wildman–Crippen LogP) is 2.67. The number of nitrogens with one attached hydrogen (secondary N) is 1. The average molecular weight is 297 g/mol. The zero-order chi connectivity index (χ0) is 15.0. The second-order valence-electron chi connectivity index (χ2n) is 4.38. The number of aryl methyl sites for hydroxylation is 2. The molecule has 0 aliphatic heterocycles. The number of rotatable bonds is 8. The Bertz CT molecular complexity index is 446. The molecule has 0 saturated carbocycles. The summed E-state index contributed by atoms with van der Waals surface area (Å²) in [5, 5.41) is 12.4. The van der Waals surface area contributed by atoms with Gasteiger partial charge in [0.1, 0.15) is 0 Å². The zero-order valence-corrected chi connectivity index (χ0v) is 13.0. The lowest BCUT2D eigenvalue weighted by Crippen LogP contribution is -2.37. The summed E-state index contributed by atoms with van der Waals surface area (Å²) in [6.45, 7) is 8.44. The fourth-order valence-corrected chi connectivity index (χ4v) is 2.81. The minimum absolute atomic E-state index is 0.0690. The van der Waals surface area contributed by atoms with Crippen molar-refractivity contribution in [2.45, 2.75) is 33.1 Å². The van der Waals surface area contributed by atoms with Gasteiger partial charge in [0.2, 0.25) is 0 Å². The summed E-state index contributed by atoms with van der Waals surface area (Å²) in [5.41, 5.74) is 1.08. The molecule has 6 heteroatoms. The molecule has 2 N–H and O–H groups in total. The second kappa shape index (κ2) is 8.71. The largest absolute Gasteiger partial charge is 0.395 e. The van der Waals surface area contributed by atoms with Crippen LogP contribution < -0.4 is 5.32 Å². The standard InChI is InChI=1S/C14H23N3O2S/c1-4-7-11-12(6-3)20-13(15-11)16-14(19)17(8-5-2)9-10-18/h5,18H,2,4,6-10H2,1,3H3,(H,15,16,19). The van der Waals surface area contributed by atoms with Gasteiger partial charge in [-0.05, 0) is 12.8 Å². The molecule has 5 nitrogen and oxygen atoms in total. The molecule has 0 aromatic carbocycles. The molecular weight excluding hydrogens is 274 g/mol. The van der Waals surface area contributed by atoms with Gasteiger partial charge in [0.05, 0.1) is 12.3 Å². The van der Waals surface area contributed by atoms with Crippen molar-refractivity contribution in [3.63, 3.8) is 0 Å².